The van der Waals surface area contributed by atoms with E-state index in [4.69, 9.17) is 4.74 Å². The first-order valence-electron chi connectivity index (χ1n) is 9.03. The van der Waals surface area contributed by atoms with Crippen LogP contribution in [0.3, 0.4) is 0 Å². The molecular weight excluding hydrogens is 290 g/mol. The monoisotopic (exact) mass is 319 g/mol. The summed E-state index contributed by atoms with van der Waals surface area (Å²) in [5.41, 5.74) is 1.31. The lowest BCUT2D eigenvalue weighted by Crippen LogP contribution is -2.65. The topological polar surface area (TPSA) is 56.1 Å². The molecule has 0 bridgehead atoms. The number of carbonyl (C=O) groups is 1. The maximum atomic E-state index is 12.4. The molecule has 0 unspecified atom stereocenters. The van der Waals surface area contributed by atoms with Gasteiger partial charge in [0.25, 0.3) is 0 Å². The Morgan fingerprint density at radius 3 is 2.87 bits per heavy atom. The number of aromatic nitrogens is 2. The number of ether oxygens (including phenoxy) is 1. The minimum absolute atomic E-state index is 0.163. The molecule has 2 aliphatic rings. The summed E-state index contributed by atoms with van der Waals surface area (Å²) in [5, 5.41) is 7.45. The SMILES string of the molecule is CCO[C@H]1C[C@@H](NC(=O)CCc2ccnn2C)C12CCCCC2. The number of amides is 1. The summed E-state index contributed by atoms with van der Waals surface area (Å²) in [5.74, 6) is 0.163. The van der Waals surface area contributed by atoms with Crippen molar-refractivity contribution < 1.29 is 9.53 Å². The lowest BCUT2D eigenvalue weighted by Gasteiger charge is -2.57. The Labute approximate surface area is 138 Å². The fourth-order valence-electron chi connectivity index (χ4n) is 4.42. The van der Waals surface area contributed by atoms with Crippen LogP contribution in [0.1, 0.15) is 57.6 Å². The van der Waals surface area contributed by atoms with Crippen molar-refractivity contribution in [1.29, 1.82) is 0 Å². The second-order valence-electron chi connectivity index (χ2n) is 7.04. The lowest BCUT2D eigenvalue weighted by atomic mass is 9.55. The van der Waals surface area contributed by atoms with Gasteiger partial charge in [-0.2, -0.15) is 5.10 Å². The van der Waals surface area contributed by atoms with Gasteiger partial charge in [0.1, 0.15) is 0 Å². The van der Waals surface area contributed by atoms with Gasteiger partial charge in [0.05, 0.1) is 6.10 Å². The highest BCUT2D eigenvalue weighted by atomic mass is 16.5. The van der Waals surface area contributed by atoms with Crippen molar-refractivity contribution in [3.8, 4) is 0 Å². The first-order chi connectivity index (χ1) is 11.2. The van der Waals surface area contributed by atoms with Gasteiger partial charge in [0, 0.05) is 43.4 Å². The summed E-state index contributed by atoms with van der Waals surface area (Å²) in [6, 6.07) is 2.28. The van der Waals surface area contributed by atoms with Crippen molar-refractivity contribution in [3.05, 3.63) is 18.0 Å². The maximum Gasteiger partial charge on any atom is 0.220 e. The van der Waals surface area contributed by atoms with Gasteiger partial charge >= 0.3 is 0 Å². The number of carbonyl (C=O) groups excluding carboxylic acids is 1. The van der Waals surface area contributed by atoms with Crippen LogP contribution in [-0.2, 0) is 23.0 Å². The summed E-state index contributed by atoms with van der Waals surface area (Å²) < 4.78 is 7.79. The van der Waals surface area contributed by atoms with Crippen molar-refractivity contribution >= 4 is 5.91 Å². The standard InChI is InChI=1S/C18H29N3O2/c1-3-23-16-13-15(18(16)10-5-4-6-11-18)20-17(22)8-7-14-9-12-19-21(14)2/h9,12,15-16H,3-8,10-11,13H2,1-2H3,(H,20,22)/t15-,16+/m1/s1. The molecule has 1 heterocycles. The molecule has 2 saturated carbocycles. The predicted octanol–water partition coefficient (Wildman–Crippen LogP) is 2.60. The third-order valence-corrected chi connectivity index (χ3v) is 5.80. The second kappa shape index (κ2) is 7.04. The van der Waals surface area contributed by atoms with Crippen molar-refractivity contribution in [2.24, 2.45) is 12.5 Å². The average molecular weight is 319 g/mol. The van der Waals surface area contributed by atoms with Crippen LogP contribution in [0.5, 0.6) is 0 Å². The Kier molecular flexibility index (Phi) is 5.05. The van der Waals surface area contributed by atoms with Gasteiger partial charge in [-0.25, -0.2) is 0 Å². The Hall–Kier alpha value is -1.36. The summed E-state index contributed by atoms with van der Waals surface area (Å²) in [4.78, 5) is 12.4. The molecule has 1 aromatic heterocycles. The van der Waals surface area contributed by atoms with Crippen LogP contribution in [0.15, 0.2) is 12.3 Å². The third-order valence-electron chi connectivity index (χ3n) is 5.80. The zero-order valence-electron chi connectivity index (χ0n) is 14.4. The zero-order valence-corrected chi connectivity index (χ0v) is 14.4. The Balaban J connectivity index is 1.54. The van der Waals surface area contributed by atoms with E-state index in [1.54, 1.807) is 6.20 Å². The van der Waals surface area contributed by atoms with Crippen LogP contribution < -0.4 is 5.32 Å². The maximum absolute atomic E-state index is 12.4. The minimum atomic E-state index is 0.163. The van der Waals surface area contributed by atoms with Crippen LogP contribution in [0, 0.1) is 5.41 Å². The van der Waals surface area contributed by atoms with Gasteiger partial charge in [0.2, 0.25) is 5.91 Å². The minimum Gasteiger partial charge on any atom is -0.378 e. The molecular formula is C18H29N3O2. The van der Waals surface area contributed by atoms with Gasteiger partial charge in [-0.15, -0.1) is 0 Å². The molecule has 1 N–H and O–H groups in total. The number of hydrogen-bond donors (Lipinski definition) is 1. The van der Waals surface area contributed by atoms with Gasteiger partial charge in [0.15, 0.2) is 0 Å². The molecule has 0 saturated heterocycles. The molecule has 2 fully saturated rings. The molecule has 0 aromatic carbocycles. The lowest BCUT2D eigenvalue weighted by molar-refractivity contribution is -0.157. The molecule has 1 amide bonds. The van der Waals surface area contributed by atoms with Crippen molar-refractivity contribution in [3.63, 3.8) is 0 Å². The molecule has 1 spiro atoms. The van der Waals surface area contributed by atoms with E-state index in [0.717, 1.165) is 25.1 Å². The number of aryl methyl sites for hydroxylation is 2. The number of nitrogens with zero attached hydrogens (tertiary/aromatic N) is 2. The fraction of sp³-hybridized carbons (Fsp3) is 0.778. The van der Waals surface area contributed by atoms with Crippen LogP contribution >= 0.6 is 0 Å². The Morgan fingerprint density at radius 2 is 2.22 bits per heavy atom. The highest BCUT2D eigenvalue weighted by Crippen LogP contribution is 2.53. The number of rotatable bonds is 6. The molecule has 0 aliphatic heterocycles. The van der Waals surface area contributed by atoms with Crippen molar-refractivity contribution in [1.82, 2.24) is 15.1 Å². The molecule has 2 atom stereocenters. The van der Waals surface area contributed by atoms with E-state index in [9.17, 15) is 4.79 Å². The Morgan fingerprint density at radius 1 is 1.43 bits per heavy atom. The summed E-state index contributed by atoms with van der Waals surface area (Å²) in [6.45, 7) is 2.84. The molecule has 5 nitrogen and oxygen atoms in total. The van der Waals surface area contributed by atoms with Crippen LogP contribution in [0.25, 0.3) is 0 Å². The number of hydrogen-bond acceptors (Lipinski definition) is 3. The highest BCUT2D eigenvalue weighted by Gasteiger charge is 2.55. The summed E-state index contributed by atoms with van der Waals surface area (Å²) >= 11 is 0. The van der Waals surface area contributed by atoms with Crippen molar-refractivity contribution in [2.45, 2.75) is 70.4 Å². The molecule has 3 rings (SSSR count). The van der Waals surface area contributed by atoms with Crippen LogP contribution in [-0.4, -0.2) is 34.4 Å². The number of nitrogens with one attached hydrogen (secondary N) is 1. The smallest absolute Gasteiger partial charge is 0.220 e. The summed E-state index contributed by atoms with van der Waals surface area (Å²) in [6.07, 6.45) is 10.6. The first kappa shape index (κ1) is 16.5. The quantitative estimate of drug-likeness (QED) is 0.877. The summed E-state index contributed by atoms with van der Waals surface area (Å²) in [7, 11) is 1.92. The van der Waals surface area contributed by atoms with E-state index in [1.807, 2.05) is 17.8 Å². The van der Waals surface area contributed by atoms with Gasteiger partial charge in [-0.1, -0.05) is 19.3 Å². The predicted molar refractivity (Wildman–Crippen MR) is 89.0 cm³/mol. The molecule has 23 heavy (non-hydrogen) atoms. The zero-order chi connectivity index (χ0) is 16.3. The van der Waals surface area contributed by atoms with Gasteiger partial charge in [-0.05, 0) is 38.7 Å². The highest BCUT2D eigenvalue weighted by molar-refractivity contribution is 5.76. The van der Waals surface area contributed by atoms with E-state index in [-0.39, 0.29) is 11.3 Å². The van der Waals surface area contributed by atoms with Crippen LogP contribution in [0.2, 0.25) is 0 Å². The Bertz CT molecular complexity index is 534. The third kappa shape index (κ3) is 3.30. The second-order valence-corrected chi connectivity index (χ2v) is 7.04. The normalized spacial score (nSPS) is 26.0. The van der Waals surface area contributed by atoms with E-state index in [0.29, 0.717) is 18.6 Å². The first-order valence-corrected chi connectivity index (χ1v) is 9.03. The molecule has 1 aromatic rings. The van der Waals surface area contributed by atoms with E-state index >= 15 is 0 Å². The van der Waals surface area contributed by atoms with Gasteiger partial charge < -0.3 is 10.1 Å². The molecule has 0 radical (unpaired) electrons. The molecule has 2 aliphatic carbocycles. The van der Waals surface area contributed by atoms with Crippen LogP contribution in [0.4, 0.5) is 0 Å². The largest absolute Gasteiger partial charge is 0.378 e. The van der Waals surface area contributed by atoms with Crippen molar-refractivity contribution in [2.75, 3.05) is 6.61 Å². The van der Waals surface area contributed by atoms with E-state index in [1.165, 1.54) is 32.1 Å². The molecule has 128 valence electrons. The molecule has 5 heteroatoms. The van der Waals surface area contributed by atoms with E-state index < -0.39 is 0 Å². The van der Waals surface area contributed by atoms with Gasteiger partial charge in [-0.3, -0.25) is 9.48 Å². The van der Waals surface area contributed by atoms with E-state index in [2.05, 4.69) is 17.3 Å². The average Bonchev–Trinajstić information content (AvgIpc) is 2.98. The fourth-order valence-corrected chi connectivity index (χ4v) is 4.42.